The molecular weight excluding hydrogens is 444 g/mol. The van der Waals surface area contributed by atoms with Gasteiger partial charge >= 0.3 is 0 Å². The van der Waals surface area contributed by atoms with E-state index in [1.165, 1.54) is 10.4 Å². The lowest BCUT2D eigenvalue weighted by Crippen LogP contribution is -2.26. The van der Waals surface area contributed by atoms with E-state index >= 15 is 0 Å². The first-order chi connectivity index (χ1) is 15.4. The lowest BCUT2D eigenvalue weighted by atomic mass is 9.99. The third kappa shape index (κ3) is 4.35. The summed E-state index contributed by atoms with van der Waals surface area (Å²) in [5, 5.41) is 13.4. The first-order valence-corrected chi connectivity index (χ1v) is 11.9. The second-order valence-electron chi connectivity index (χ2n) is 7.95. The predicted molar refractivity (Wildman–Crippen MR) is 129 cm³/mol. The van der Waals surface area contributed by atoms with Gasteiger partial charge in [0.2, 0.25) is 5.91 Å². The van der Waals surface area contributed by atoms with Gasteiger partial charge in [-0.15, -0.1) is 21.5 Å². The minimum atomic E-state index is -0.448. The number of thiophene rings is 1. The quantitative estimate of drug-likeness (QED) is 0.509. The minimum absolute atomic E-state index is 0.0587. The fraction of sp³-hybridized carbons (Fsp3) is 0.391. The largest absolute Gasteiger partial charge is 0.356 e. The topological polar surface area (TPSA) is 98.2 Å². The first-order valence-electron chi connectivity index (χ1n) is 10.7. The summed E-state index contributed by atoms with van der Waals surface area (Å²) < 4.78 is 2.05. The van der Waals surface area contributed by atoms with E-state index in [0.29, 0.717) is 23.9 Å². The Bertz CT molecular complexity index is 1160. The summed E-state index contributed by atoms with van der Waals surface area (Å²) in [6, 6.07) is 7.23. The van der Waals surface area contributed by atoms with Crippen molar-refractivity contribution in [3.8, 4) is 5.00 Å². The van der Waals surface area contributed by atoms with Crippen LogP contribution in [0.5, 0.6) is 0 Å². The molecule has 0 spiro atoms. The Balaban J connectivity index is 1.79. The Labute approximate surface area is 196 Å². The Morgan fingerprint density at radius 3 is 2.66 bits per heavy atom. The van der Waals surface area contributed by atoms with Gasteiger partial charge in [0.25, 0.3) is 0 Å². The number of rotatable bonds is 7. The summed E-state index contributed by atoms with van der Waals surface area (Å²) in [7, 11) is 0. The number of nitrogens with zero attached hydrogens (tertiary/aromatic N) is 4. The normalized spacial score (nSPS) is 15.0. The van der Waals surface area contributed by atoms with Crippen molar-refractivity contribution in [2.75, 3.05) is 13.1 Å². The monoisotopic (exact) mass is 470 g/mol. The molecule has 3 aromatic rings. The number of carbonyl (C=O) groups is 1. The number of aromatic nitrogens is 3. The zero-order valence-corrected chi connectivity index (χ0v) is 20.1. The average molecular weight is 471 g/mol. The summed E-state index contributed by atoms with van der Waals surface area (Å²) in [6.07, 6.45) is 1.94. The molecule has 4 rings (SSSR count). The van der Waals surface area contributed by atoms with Gasteiger partial charge in [0, 0.05) is 27.6 Å². The highest BCUT2D eigenvalue weighted by molar-refractivity contribution is 7.15. The van der Waals surface area contributed by atoms with Crippen molar-refractivity contribution in [2.24, 2.45) is 10.7 Å². The van der Waals surface area contributed by atoms with Gasteiger partial charge in [0.1, 0.15) is 16.9 Å². The highest BCUT2D eigenvalue weighted by atomic mass is 35.5. The van der Waals surface area contributed by atoms with E-state index < -0.39 is 6.04 Å². The zero-order valence-electron chi connectivity index (χ0n) is 18.5. The molecule has 1 aliphatic heterocycles. The lowest BCUT2D eigenvalue weighted by molar-refractivity contribution is -0.121. The van der Waals surface area contributed by atoms with Gasteiger partial charge in [-0.05, 0) is 57.9 Å². The molecule has 3 heterocycles. The van der Waals surface area contributed by atoms with Gasteiger partial charge in [-0.2, -0.15) is 0 Å². The third-order valence-electron chi connectivity index (χ3n) is 5.69. The molecule has 1 aromatic carbocycles. The fourth-order valence-electron chi connectivity index (χ4n) is 3.88. The van der Waals surface area contributed by atoms with E-state index in [1.807, 2.05) is 31.2 Å². The van der Waals surface area contributed by atoms with Crippen LogP contribution in [-0.4, -0.2) is 39.5 Å². The molecule has 7 nitrogen and oxygen atoms in total. The first kappa shape index (κ1) is 22.6. The number of hydrogen-bond acceptors (Lipinski definition) is 6. The van der Waals surface area contributed by atoms with Crippen LogP contribution in [0.2, 0.25) is 5.02 Å². The van der Waals surface area contributed by atoms with Crippen LogP contribution >= 0.6 is 22.9 Å². The van der Waals surface area contributed by atoms with Crippen molar-refractivity contribution in [1.82, 2.24) is 20.1 Å². The van der Waals surface area contributed by atoms with Crippen LogP contribution in [0.25, 0.3) is 5.00 Å². The maximum Gasteiger partial charge on any atom is 0.222 e. The van der Waals surface area contributed by atoms with Gasteiger partial charge in [0.05, 0.1) is 12.1 Å². The van der Waals surface area contributed by atoms with Crippen LogP contribution in [0.15, 0.2) is 29.3 Å². The van der Waals surface area contributed by atoms with Crippen molar-refractivity contribution in [3.63, 3.8) is 0 Å². The molecule has 2 aromatic heterocycles. The van der Waals surface area contributed by atoms with E-state index in [2.05, 4.69) is 33.9 Å². The number of nitrogens with two attached hydrogens (primary N) is 1. The van der Waals surface area contributed by atoms with Crippen LogP contribution in [0.1, 0.15) is 58.5 Å². The third-order valence-corrected chi connectivity index (χ3v) is 7.13. The van der Waals surface area contributed by atoms with Crippen molar-refractivity contribution < 1.29 is 4.79 Å². The predicted octanol–water partition coefficient (Wildman–Crippen LogP) is 4.04. The molecule has 168 valence electrons. The van der Waals surface area contributed by atoms with Crippen molar-refractivity contribution in [3.05, 3.63) is 62.5 Å². The van der Waals surface area contributed by atoms with Crippen LogP contribution in [-0.2, 0) is 4.79 Å². The van der Waals surface area contributed by atoms with Gasteiger partial charge in [0.15, 0.2) is 5.82 Å². The van der Waals surface area contributed by atoms with E-state index in [1.54, 1.807) is 11.3 Å². The van der Waals surface area contributed by atoms with E-state index in [0.717, 1.165) is 40.5 Å². The molecule has 1 amide bonds. The summed E-state index contributed by atoms with van der Waals surface area (Å²) in [4.78, 5) is 19.1. The molecular formula is C23H27ClN6OS. The van der Waals surface area contributed by atoms with Crippen LogP contribution in [0.3, 0.4) is 0 Å². The SMILES string of the molecule is Cc1sc2c(c1C)C(c1ccc(Cl)cc1)=N[C@@H](CC(=O)NCCCCN)c1nnc(C)n1-2. The summed E-state index contributed by atoms with van der Waals surface area (Å²) in [5.41, 5.74) is 9.59. The number of aryl methyl sites for hydroxylation is 2. The van der Waals surface area contributed by atoms with Gasteiger partial charge in [-0.1, -0.05) is 23.7 Å². The second-order valence-corrected chi connectivity index (χ2v) is 9.59. The van der Waals surface area contributed by atoms with E-state index in [-0.39, 0.29) is 12.3 Å². The number of aliphatic imine (C=N–C) groups is 1. The number of amides is 1. The molecule has 0 aliphatic carbocycles. The van der Waals surface area contributed by atoms with Crippen LogP contribution < -0.4 is 11.1 Å². The molecule has 0 radical (unpaired) electrons. The Morgan fingerprint density at radius 1 is 1.19 bits per heavy atom. The molecule has 0 unspecified atom stereocenters. The molecule has 0 saturated carbocycles. The van der Waals surface area contributed by atoms with Gasteiger partial charge in [-0.25, -0.2) is 0 Å². The molecule has 32 heavy (non-hydrogen) atoms. The number of benzene rings is 1. The zero-order chi connectivity index (χ0) is 22.8. The summed E-state index contributed by atoms with van der Waals surface area (Å²) in [5.74, 6) is 1.41. The van der Waals surface area contributed by atoms with Crippen molar-refractivity contribution in [1.29, 1.82) is 0 Å². The Morgan fingerprint density at radius 2 is 1.94 bits per heavy atom. The minimum Gasteiger partial charge on any atom is -0.356 e. The van der Waals surface area contributed by atoms with E-state index in [4.69, 9.17) is 22.3 Å². The molecule has 0 bridgehead atoms. The summed E-state index contributed by atoms with van der Waals surface area (Å²) >= 11 is 7.84. The van der Waals surface area contributed by atoms with E-state index in [9.17, 15) is 4.79 Å². The molecule has 1 atom stereocenters. The standard InChI is InChI=1S/C23H27ClN6OS/c1-13-14(2)32-23-20(13)21(16-6-8-17(24)9-7-16)27-18(22-29-28-15(3)30(22)23)12-19(31)26-11-5-4-10-25/h6-9,18H,4-5,10-12,25H2,1-3H3,(H,26,31)/t18-/m0/s1. The summed E-state index contributed by atoms with van der Waals surface area (Å²) in [6.45, 7) is 7.38. The maximum atomic E-state index is 12.7. The highest BCUT2D eigenvalue weighted by Gasteiger charge is 2.32. The number of nitrogens with one attached hydrogen (secondary N) is 1. The average Bonchev–Trinajstić information content (AvgIpc) is 3.24. The fourth-order valence-corrected chi connectivity index (χ4v) is 5.22. The number of hydrogen-bond donors (Lipinski definition) is 2. The van der Waals surface area contributed by atoms with Crippen molar-refractivity contribution in [2.45, 2.75) is 46.1 Å². The number of carbonyl (C=O) groups excluding carboxylic acids is 1. The highest BCUT2D eigenvalue weighted by Crippen LogP contribution is 2.39. The van der Waals surface area contributed by atoms with Crippen LogP contribution in [0.4, 0.5) is 0 Å². The number of unbranched alkanes of at least 4 members (excludes halogenated alkanes) is 1. The molecule has 3 N–H and O–H groups in total. The van der Waals surface area contributed by atoms with Gasteiger partial charge < -0.3 is 11.1 Å². The smallest absolute Gasteiger partial charge is 0.222 e. The number of fused-ring (bicyclic) bond motifs is 3. The second kappa shape index (κ2) is 9.52. The number of halogens is 1. The molecule has 9 heteroatoms. The lowest BCUT2D eigenvalue weighted by Gasteiger charge is -2.13. The van der Waals surface area contributed by atoms with Crippen LogP contribution in [0, 0.1) is 20.8 Å². The molecule has 0 fully saturated rings. The maximum absolute atomic E-state index is 12.7. The Kier molecular flexibility index (Phi) is 6.74. The molecule has 0 saturated heterocycles. The Hall–Kier alpha value is -2.55. The van der Waals surface area contributed by atoms with Gasteiger partial charge in [-0.3, -0.25) is 14.4 Å². The van der Waals surface area contributed by atoms with Crippen molar-refractivity contribution >= 4 is 34.6 Å². The molecule has 1 aliphatic rings.